The predicted octanol–water partition coefficient (Wildman–Crippen LogP) is 1.47. The Morgan fingerprint density at radius 1 is 1.17 bits per heavy atom. The number of furan rings is 1. The van der Waals surface area contributed by atoms with E-state index in [0.717, 1.165) is 0 Å². The van der Waals surface area contributed by atoms with E-state index in [1.807, 2.05) is 0 Å². The number of rotatable bonds is 3. The van der Waals surface area contributed by atoms with Crippen molar-refractivity contribution in [2.45, 2.75) is 4.90 Å². The van der Waals surface area contributed by atoms with Gasteiger partial charge in [-0.3, -0.25) is 9.78 Å². The van der Waals surface area contributed by atoms with Crippen LogP contribution >= 0.6 is 11.6 Å². The average Bonchev–Trinajstić information content (AvgIpc) is 3.01. The van der Waals surface area contributed by atoms with Crippen molar-refractivity contribution in [1.82, 2.24) is 14.2 Å². The van der Waals surface area contributed by atoms with Gasteiger partial charge in [-0.25, -0.2) is 8.42 Å². The third-order valence-corrected chi connectivity index (χ3v) is 5.67. The van der Waals surface area contributed by atoms with Gasteiger partial charge in [0.2, 0.25) is 10.0 Å². The normalized spacial score (nSPS) is 16.5. The van der Waals surface area contributed by atoms with Crippen molar-refractivity contribution in [2.24, 2.45) is 0 Å². The molecule has 0 N–H and O–H groups in total. The molecule has 3 heterocycles. The molecule has 1 aliphatic rings. The van der Waals surface area contributed by atoms with Gasteiger partial charge >= 0.3 is 0 Å². The van der Waals surface area contributed by atoms with E-state index in [4.69, 9.17) is 16.0 Å². The molecule has 3 rings (SSSR count). The molecular formula is C14H14ClN3O4S. The Hall–Kier alpha value is -1.90. The van der Waals surface area contributed by atoms with Crippen LogP contribution in [-0.4, -0.2) is 54.7 Å². The van der Waals surface area contributed by atoms with E-state index in [1.165, 1.54) is 34.9 Å². The van der Waals surface area contributed by atoms with Crippen molar-refractivity contribution >= 4 is 27.5 Å². The molecule has 0 atom stereocenters. The number of nitrogens with zero attached hydrogens (tertiary/aromatic N) is 3. The summed E-state index contributed by atoms with van der Waals surface area (Å²) in [5, 5.41) is 0.145. The number of carbonyl (C=O) groups excluding carboxylic acids is 1. The number of hydrogen-bond acceptors (Lipinski definition) is 5. The minimum Gasteiger partial charge on any atom is -0.440 e. The van der Waals surface area contributed by atoms with Crippen molar-refractivity contribution in [3.8, 4) is 0 Å². The van der Waals surface area contributed by atoms with Crippen molar-refractivity contribution in [3.05, 3.63) is 47.6 Å². The van der Waals surface area contributed by atoms with Gasteiger partial charge in [0, 0.05) is 38.6 Å². The summed E-state index contributed by atoms with van der Waals surface area (Å²) in [4.78, 5) is 17.8. The Balaban J connectivity index is 1.68. The SMILES string of the molecule is O=C(c1ccc(Cl)o1)N1CCN(S(=O)(=O)c2cccnc2)CC1. The molecule has 0 aliphatic carbocycles. The molecule has 9 heteroatoms. The molecule has 2 aromatic rings. The Morgan fingerprint density at radius 3 is 2.48 bits per heavy atom. The van der Waals surface area contributed by atoms with Crippen LogP contribution in [0.5, 0.6) is 0 Å². The molecular weight excluding hydrogens is 342 g/mol. The van der Waals surface area contributed by atoms with Crippen LogP contribution in [0.3, 0.4) is 0 Å². The van der Waals surface area contributed by atoms with Gasteiger partial charge in [0.1, 0.15) is 4.90 Å². The summed E-state index contributed by atoms with van der Waals surface area (Å²) in [6.07, 6.45) is 2.84. The van der Waals surface area contributed by atoms with Crippen LogP contribution < -0.4 is 0 Å². The summed E-state index contributed by atoms with van der Waals surface area (Å²) in [6, 6.07) is 6.08. The van der Waals surface area contributed by atoms with Gasteiger partial charge in [-0.05, 0) is 35.9 Å². The average molecular weight is 356 g/mol. The molecule has 7 nitrogen and oxygen atoms in total. The molecule has 0 aromatic carbocycles. The molecule has 0 radical (unpaired) electrons. The fraction of sp³-hybridized carbons (Fsp3) is 0.286. The zero-order chi connectivity index (χ0) is 16.4. The number of amides is 1. The third-order valence-electron chi connectivity index (χ3n) is 3.58. The smallest absolute Gasteiger partial charge is 0.289 e. The lowest BCUT2D eigenvalue weighted by molar-refractivity contribution is 0.0666. The summed E-state index contributed by atoms with van der Waals surface area (Å²) in [7, 11) is -3.58. The summed E-state index contributed by atoms with van der Waals surface area (Å²) >= 11 is 5.66. The van der Waals surface area contributed by atoms with Crippen molar-refractivity contribution in [1.29, 1.82) is 0 Å². The summed E-state index contributed by atoms with van der Waals surface area (Å²) in [5.74, 6) is -0.145. The highest BCUT2D eigenvalue weighted by Gasteiger charge is 2.31. The molecule has 1 fully saturated rings. The van der Waals surface area contributed by atoms with Gasteiger partial charge < -0.3 is 9.32 Å². The fourth-order valence-electron chi connectivity index (χ4n) is 2.37. The van der Waals surface area contributed by atoms with Crippen LogP contribution in [0.4, 0.5) is 0 Å². The number of halogens is 1. The van der Waals surface area contributed by atoms with Crippen LogP contribution in [0.15, 0.2) is 46.0 Å². The minimum absolute atomic E-state index is 0.145. The molecule has 0 bridgehead atoms. The number of piperazine rings is 1. The monoisotopic (exact) mass is 355 g/mol. The maximum absolute atomic E-state index is 12.5. The summed E-state index contributed by atoms with van der Waals surface area (Å²) in [6.45, 7) is 1.02. The molecule has 122 valence electrons. The van der Waals surface area contributed by atoms with Gasteiger partial charge in [-0.1, -0.05) is 0 Å². The molecule has 2 aromatic heterocycles. The van der Waals surface area contributed by atoms with Crippen LogP contribution in [-0.2, 0) is 10.0 Å². The highest BCUT2D eigenvalue weighted by molar-refractivity contribution is 7.89. The molecule has 1 aliphatic heterocycles. The Morgan fingerprint density at radius 2 is 1.91 bits per heavy atom. The number of aromatic nitrogens is 1. The van der Waals surface area contributed by atoms with Crippen molar-refractivity contribution in [3.63, 3.8) is 0 Å². The van der Waals surface area contributed by atoms with Crippen LogP contribution in [0.2, 0.25) is 5.22 Å². The Labute approximate surface area is 138 Å². The number of carbonyl (C=O) groups is 1. The molecule has 1 amide bonds. The Kier molecular flexibility index (Phi) is 4.38. The lowest BCUT2D eigenvalue weighted by atomic mass is 10.3. The quantitative estimate of drug-likeness (QED) is 0.832. The first-order valence-corrected chi connectivity index (χ1v) is 8.75. The maximum Gasteiger partial charge on any atom is 0.289 e. The first kappa shape index (κ1) is 16.0. The minimum atomic E-state index is -3.58. The van der Waals surface area contributed by atoms with E-state index < -0.39 is 10.0 Å². The van der Waals surface area contributed by atoms with E-state index >= 15 is 0 Å². The van der Waals surface area contributed by atoms with Gasteiger partial charge in [0.25, 0.3) is 5.91 Å². The predicted molar refractivity (Wildman–Crippen MR) is 82.6 cm³/mol. The second-order valence-corrected chi connectivity index (χ2v) is 7.30. The zero-order valence-corrected chi connectivity index (χ0v) is 13.6. The maximum atomic E-state index is 12.5. The first-order chi connectivity index (χ1) is 11.0. The van der Waals surface area contributed by atoms with E-state index in [-0.39, 0.29) is 48.0 Å². The second kappa shape index (κ2) is 6.31. The molecule has 0 spiro atoms. The van der Waals surface area contributed by atoms with Crippen LogP contribution in [0.1, 0.15) is 10.6 Å². The standard InChI is InChI=1S/C14H14ClN3O4S/c15-13-4-3-12(22-13)14(19)17-6-8-18(9-7-17)23(20,21)11-2-1-5-16-10-11/h1-5,10H,6-9H2. The van der Waals surface area contributed by atoms with Gasteiger partial charge in [0.15, 0.2) is 11.0 Å². The molecule has 1 saturated heterocycles. The zero-order valence-electron chi connectivity index (χ0n) is 12.1. The van der Waals surface area contributed by atoms with E-state index in [2.05, 4.69) is 4.98 Å². The number of sulfonamides is 1. The molecule has 0 saturated carbocycles. The fourth-order valence-corrected chi connectivity index (χ4v) is 3.90. The van der Waals surface area contributed by atoms with E-state index in [1.54, 1.807) is 11.0 Å². The summed E-state index contributed by atoms with van der Waals surface area (Å²) < 4.78 is 31.4. The largest absolute Gasteiger partial charge is 0.440 e. The highest BCUT2D eigenvalue weighted by Crippen LogP contribution is 2.19. The lowest BCUT2D eigenvalue weighted by Gasteiger charge is -2.33. The number of pyridine rings is 1. The Bertz CT molecular complexity index is 798. The van der Waals surface area contributed by atoms with Crippen LogP contribution in [0, 0.1) is 0 Å². The van der Waals surface area contributed by atoms with Crippen molar-refractivity contribution in [2.75, 3.05) is 26.2 Å². The molecule has 23 heavy (non-hydrogen) atoms. The third kappa shape index (κ3) is 3.24. The molecule has 0 unspecified atom stereocenters. The van der Waals surface area contributed by atoms with Gasteiger partial charge in [0.05, 0.1) is 0 Å². The highest BCUT2D eigenvalue weighted by atomic mass is 35.5. The number of hydrogen-bond donors (Lipinski definition) is 0. The van der Waals surface area contributed by atoms with Crippen molar-refractivity contribution < 1.29 is 17.6 Å². The second-order valence-electron chi connectivity index (χ2n) is 4.99. The topological polar surface area (TPSA) is 83.7 Å². The first-order valence-electron chi connectivity index (χ1n) is 6.93. The van der Waals surface area contributed by atoms with E-state index in [9.17, 15) is 13.2 Å². The van der Waals surface area contributed by atoms with Gasteiger partial charge in [-0.2, -0.15) is 4.31 Å². The summed E-state index contributed by atoms with van der Waals surface area (Å²) in [5.41, 5.74) is 0. The van der Waals surface area contributed by atoms with Crippen LogP contribution in [0.25, 0.3) is 0 Å². The van der Waals surface area contributed by atoms with E-state index in [0.29, 0.717) is 0 Å². The lowest BCUT2D eigenvalue weighted by Crippen LogP contribution is -2.50. The van der Waals surface area contributed by atoms with Gasteiger partial charge in [-0.15, -0.1) is 0 Å².